The Morgan fingerprint density at radius 3 is 2.29 bits per heavy atom. The quantitative estimate of drug-likeness (QED) is 0.819. The van der Waals surface area contributed by atoms with E-state index in [1.54, 1.807) is 24.3 Å². The predicted octanol–water partition coefficient (Wildman–Crippen LogP) is 3.85. The molecule has 1 N–H and O–H groups in total. The molecule has 0 saturated carbocycles. The van der Waals surface area contributed by atoms with E-state index in [0.29, 0.717) is 22.2 Å². The second-order valence-electron chi connectivity index (χ2n) is 4.81. The molecule has 0 atom stereocenters. The monoisotopic (exact) mass is 362 g/mol. The highest BCUT2D eigenvalue weighted by molar-refractivity contribution is 6.35. The van der Waals surface area contributed by atoms with E-state index in [-0.39, 0.29) is 5.56 Å². The summed E-state index contributed by atoms with van der Waals surface area (Å²) in [4.78, 5) is 23.7. The molecule has 7 heteroatoms. The van der Waals surface area contributed by atoms with Gasteiger partial charge in [0.2, 0.25) is 0 Å². The van der Waals surface area contributed by atoms with Crippen LogP contribution in [0.3, 0.4) is 0 Å². The van der Waals surface area contributed by atoms with E-state index in [2.05, 4.69) is 5.32 Å². The number of ether oxygens (including phenoxy) is 1. The molecule has 0 spiro atoms. The molecule has 0 bridgehead atoms. The molecule has 2 rings (SSSR count). The number of amides is 1. The molecule has 0 aromatic heterocycles. The SMILES string of the molecule is N#CCc1ccc(NC(=O)COC(=O)c2cc(Cl)cc(Cl)c2)cc1. The van der Waals surface area contributed by atoms with Crippen molar-refractivity contribution >= 4 is 40.8 Å². The van der Waals surface area contributed by atoms with Gasteiger partial charge in [-0.15, -0.1) is 0 Å². The largest absolute Gasteiger partial charge is 0.452 e. The van der Waals surface area contributed by atoms with Gasteiger partial charge < -0.3 is 10.1 Å². The smallest absolute Gasteiger partial charge is 0.338 e. The highest BCUT2D eigenvalue weighted by Crippen LogP contribution is 2.19. The summed E-state index contributed by atoms with van der Waals surface area (Å²) in [5, 5.41) is 11.8. The summed E-state index contributed by atoms with van der Waals surface area (Å²) in [6, 6.07) is 13.1. The number of anilines is 1. The molecule has 0 aliphatic carbocycles. The topological polar surface area (TPSA) is 79.2 Å². The number of nitriles is 1. The number of nitrogens with zero attached hydrogens (tertiary/aromatic N) is 1. The Bertz CT molecular complexity index is 778. The standard InChI is InChI=1S/C17H12Cl2N2O3/c18-13-7-12(8-14(19)9-13)17(23)24-10-16(22)21-15-3-1-11(2-4-15)5-6-20/h1-4,7-9H,5,10H2,(H,21,22). The zero-order valence-corrected chi connectivity index (χ0v) is 13.9. The Morgan fingerprint density at radius 2 is 1.71 bits per heavy atom. The van der Waals surface area contributed by atoms with Gasteiger partial charge in [-0.05, 0) is 35.9 Å². The van der Waals surface area contributed by atoms with Crippen molar-refractivity contribution in [2.75, 3.05) is 11.9 Å². The summed E-state index contributed by atoms with van der Waals surface area (Å²) < 4.78 is 4.92. The van der Waals surface area contributed by atoms with Crippen LogP contribution in [-0.2, 0) is 16.0 Å². The molecule has 0 aliphatic rings. The van der Waals surface area contributed by atoms with E-state index in [0.717, 1.165) is 5.56 Å². The van der Waals surface area contributed by atoms with Gasteiger partial charge in [0, 0.05) is 15.7 Å². The maximum atomic E-state index is 11.9. The number of hydrogen-bond acceptors (Lipinski definition) is 4. The van der Waals surface area contributed by atoms with Crippen molar-refractivity contribution in [2.45, 2.75) is 6.42 Å². The molecule has 0 fully saturated rings. The van der Waals surface area contributed by atoms with Gasteiger partial charge in [-0.2, -0.15) is 5.26 Å². The fourth-order valence-electron chi connectivity index (χ4n) is 1.88. The normalized spacial score (nSPS) is 9.88. The number of carbonyl (C=O) groups is 2. The van der Waals surface area contributed by atoms with Crippen molar-refractivity contribution < 1.29 is 14.3 Å². The summed E-state index contributed by atoms with van der Waals surface area (Å²) >= 11 is 11.6. The van der Waals surface area contributed by atoms with Gasteiger partial charge in [-0.25, -0.2) is 4.79 Å². The maximum absolute atomic E-state index is 11.9. The van der Waals surface area contributed by atoms with Gasteiger partial charge in [0.05, 0.1) is 18.1 Å². The van der Waals surface area contributed by atoms with Gasteiger partial charge in [-0.3, -0.25) is 4.79 Å². The van der Waals surface area contributed by atoms with Gasteiger partial charge in [0.25, 0.3) is 5.91 Å². The first-order chi connectivity index (χ1) is 11.5. The lowest BCUT2D eigenvalue weighted by atomic mass is 10.1. The van der Waals surface area contributed by atoms with E-state index in [4.69, 9.17) is 33.2 Å². The van der Waals surface area contributed by atoms with Crippen LogP contribution in [0, 0.1) is 11.3 Å². The molecule has 0 heterocycles. The lowest BCUT2D eigenvalue weighted by Gasteiger charge is -2.07. The van der Waals surface area contributed by atoms with Gasteiger partial charge in [0.15, 0.2) is 6.61 Å². The molecule has 122 valence electrons. The van der Waals surface area contributed by atoms with E-state index < -0.39 is 18.5 Å². The van der Waals surface area contributed by atoms with Crippen molar-refractivity contribution in [1.29, 1.82) is 5.26 Å². The number of halogens is 2. The Balaban J connectivity index is 1.88. The second kappa shape index (κ2) is 8.34. The first-order valence-electron chi connectivity index (χ1n) is 6.87. The van der Waals surface area contributed by atoms with E-state index in [1.165, 1.54) is 18.2 Å². The number of rotatable bonds is 5. The van der Waals surface area contributed by atoms with Gasteiger partial charge in [-0.1, -0.05) is 35.3 Å². The molecule has 0 radical (unpaired) electrons. The van der Waals surface area contributed by atoms with E-state index in [1.807, 2.05) is 6.07 Å². The van der Waals surface area contributed by atoms with E-state index >= 15 is 0 Å². The zero-order valence-electron chi connectivity index (χ0n) is 12.4. The molecule has 24 heavy (non-hydrogen) atoms. The summed E-state index contributed by atoms with van der Waals surface area (Å²) in [7, 11) is 0. The Morgan fingerprint density at radius 1 is 1.08 bits per heavy atom. The van der Waals surface area contributed by atoms with E-state index in [9.17, 15) is 9.59 Å². The minimum Gasteiger partial charge on any atom is -0.452 e. The second-order valence-corrected chi connectivity index (χ2v) is 5.69. The molecule has 0 aliphatic heterocycles. The molecule has 2 aromatic carbocycles. The van der Waals surface area contributed by atoms with Crippen molar-refractivity contribution in [3.05, 3.63) is 63.6 Å². The maximum Gasteiger partial charge on any atom is 0.338 e. The fraction of sp³-hybridized carbons (Fsp3) is 0.118. The van der Waals surface area contributed by atoms with Gasteiger partial charge >= 0.3 is 5.97 Å². The molecule has 2 aromatic rings. The van der Waals surface area contributed by atoms with Crippen LogP contribution in [0.25, 0.3) is 0 Å². The lowest BCUT2D eigenvalue weighted by molar-refractivity contribution is -0.119. The Labute approximate surface area is 148 Å². The Hall–Kier alpha value is -2.55. The summed E-state index contributed by atoms with van der Waals surface area (Å²) in [6.07, 6.45) is 0.300. The Kier molecular flexibility index (Phi) is 6.19. The average Bonchev–Trinajstić information content (AvgIpc) is 2.54. The van der Waals surface area contributed by atoms with Crippen LogP contribution < -0.4 is 5.32 Å². The lowest BCUT2D eigenvalue weighted by Crippen LogP contribution is -2.20. The summed E-state index contributed by atoms with van der Waals surface area (Å²) in [5.41, 5.74) is 1.56. The minimum atomic E-state index is -0.695. The highest BCUT2D eigenvalue weighted by atomic mass is 35.5. The number of esters is 1. The molecular weight excluding hydrogens is 351 g/mol. The van der Waals surface area contributed by atoms with Crippen molar-refractivity contribution in [1.82, 2.24) is 0 Å². The molecular formula is C17H12Cl2N2O3. The average molecular weight is 363 g/mol. The number of benzene rings is 2. The van der Waals surface area contributed by atoms with Crippen LogP contribution in [0.5, 0.6) is 0 Å². The fourth-order valence-corrected chi connectivity index (χ4v) is 2.41. The minimum absolute atomic E-state index is 0.168. The van der Waals surface area contributed by atoms with Gasteiger partial charge in [0.1, 0.15) is 0 Å². The zero-order chi connectivity index (χ0) is 17.5. The summed E-state index contributed by atoms with van der Waals surface area (Å²) in [6.45, 7) is -0.442. The van der Waals surface area contributed by atoms with Crippen LogP contribution >= 0.6 is 23.2 Å². The third kappa shape index (κ3) is 5.27. The number of nitrogens with one attached hydrogen (secondary N) is 1. The van der Waals surface area contributed by atoms with Crippen molar-refractivity contribution in [3.63, 3.8) is 0 Å². The summed E-state index contributed by atoms with van der Waals surface area (Å²) in [5.74, 6) is -1.18. The van der Waals surface area contributed by atoms with Crippen LogP contribution in [-0.4, -0.2) is 18.5 Å². The third-order valence-corrected chi connectivity index (χ3v) is 3.39. The van der Waals surface area contributed by atoms with Crippen LogP contribution in [0.15, 0.2) is 42.5 Å². The number of carbonyl (C=O) groups excluding carboxylic acids is 2. The first kappa shape index (κ1) is 17.8. The molecule has 0 unspecified atom stereocenters. The predicted molar refractivity (Wildman–Crippen MR) is 91.1 cm³/mol. The first-order valence-corrected chi connectivity index (χ1v) is 7.62. The van der Waals surface area contributed by atoms with Crippen LogP contribution in [0.4, 0.5) is 5.69 Å². The molecule has 0 saturated heterocycles. The molecule has 5 nitrogen and oxygen atoms in total. The van der Waals surface area contributed by atoms with Crippen molar-refractivity contribution in [3.8, 4) is 6.07 Å². The molecule has 1 amide bonds. The van der Waals surface area contributed by atoms with Crippen molar-refractivity contribution in [2.24, 2.45) is 0 Å². The highest BCUT2D eigenvalue weighted by Gasteiger charge is 2.12. The van der Waals surface area contributed by atoms with Crippen LogP contribution in [0.2, 0.25) is 10.0 Å². The van der Waals surface area contributed by atoms with Crippen LogP contribution in [0.1, 0.15) is 15.9 Å². The third-order valence-electron chi connectivity index (χ3n) is 2.95. The number of hydrogen-bond donors (Lipinski definition) is 1.